The normalized spacial score (nSPS) is 37.8. The number of nitrogens with one attached hydrogen (secondary N) is 1. The molecule has 6 rings (SSSR count). The van der Waals surface area contributed by atoms with Gasteiger partial charge in [0.1, 0.15) is 13.2 Å². The lowest BCUT2D eigenvalue weighted by atomic mass is 9.48. The van der Waals surface area contributed by atoms with Crippen molar-refractivity contribution >= 4 is 27.5 Å². The summed E-state index contributed by atoms with van der Waals surface area (Å²) in [6.45, 7) is 1.14. The lowest BCUT2D eigenvalue weighted by Gasteiger charge is -2.60. The number of hydrogen-bond donors (Lipinski definition) is 1. The van der Waals surface area contributed by atoms with Gasteiger partial charge in [-0.1, -0.05) is 15.9 Å². The van der Waals surface area contributed by atoms with Crippen molar-refractivity contribution in [1.82, 2.24) is 0 Å². The Balaban J connectivity index is 1.29. The van der Waals surface area contributed by atoms with Gasteiger partial charge in [0, 0.05) is 22.5 Å². The maximum Gasteiger partial charge on any atom is 0.224 e. The van der Waals surface area contributed by atoms with Crippen molar-refractivity contribution in [3.8, 4) is 11.5 Å². The Hall–Kier alpha value is -1.23. The quantitative estimate of drug-likeness (QED) is 0.751. The fourth-order valence-electron chi connectivity index (χ4n) is 6.21. The molecule has 4 aliphatic carbocycles. The van der Waals surface area contributed by atoms with Crippen LogP contribution in [0, 0.1) is 17.3 Å². The number of amides is 1. The summed E-state index contributed by atoms with van der Waals surface area (Å²) in [5.74, 6) is 3.23. The van der Waals surface area contributed by atoms with Gasteiger partial charge in [-0.3, -0.25) is 4.79 Å². The molecule has 4 saturated carbocycles. The highest BCUT2D eigenvalue weighted by Gasteiger charge is 2.57. The minimum atomic E-state index is 0.134. The van der Waals surface area contributed by atoms with Gasteiger partial charge in [0.2, 0.25) is 5.91 Å². The van der Waals surface area contributed by atoms with Gasteiger partial charge in [-0.05, 0) is 67.9 Å². The summed E-state index contributed by atoms with van der Waals surface area (Å²) < 4.78 is 11.5. The summed E-state index contributed by atoms with van der Waals surface area (Å²) in [6.07, 6.45) is 8.23. The molecule has 5 heteroatoms. The van der Waals surface area contributed by atoms with Gasteiger partial charge in [-0.2, -0.15) is 0 Å². The third kappa shape index (κ3) is 2.94. The first kappa shape index (κ1) is 16.0. The fraction of sp³-hybridized carbons (Fsp3) is 0.650. The van der Waals surface area contributed by atoms with Gasteiger partial charge in [0.05, 0.1) is 0 Å². The monoisotopic (exact) mass is 405 g/mol. The van der Waals surface area contributed by atoms with E-state index in [-0.39, 0.29) is 11.3 Å². The lowest BCUT2D eigenvalue weighted by Crippen LogP contribution is -2.53. The van der Waals surface area contributed by atoms with Crippen molar-refractivity contribution < 1.29 is 14.3 Å². The largest absolute Gasteiger partial charge is 0.486 e. The minimum Gasteiger partial charge on any atom is -0.486 e. The molecule has 1 N–H and O–H groups in total. The Morgan fingerprint density at radius 3 is 2.56 bits per heavy atom. The summed E-state index contributed by atoms with van der Waals surface area (Å²) >= 11 is 4.03. The summed E-state index contributed by atoms with van der Waals surface area (Å²) in [5, 5.41) is 3.09. The SMILES string of the molecule is O=C(CC12CC3CC(CC(Br)(C3)C1)C2)Nc1ccc2c(c1)OCCO2. The number of fused-ring (bicyclic) bond motifs is 1. The number of carbonyl (C=O) groups is 1. The lowest BCUT2D eigenvalue weighted by molar-refractivity contribution is -0.123. The van der Waals surface area contributed by atoms with E-state index in [9.17, 15) is 4.79 Å². The number of anilines is 1. The maximum atomic E-state index is 12.8. The first-order valence-corrected chi connectivity index (χ1v) is 10.2. The van der Waals surface area contributed by atoms with Crippen molar-refractivity contribution in [2.24, 2.45) is 17.3 Å². The Kier molecular flexibility index (Phi) is 3.60. The van der Waals surface area contributed by atoms with E-state index in [1.807, 2.05) is 18.2 Å². The van der Waals surface area contributed by atoms with Gasteiger partial charge < -0.3 is 14.8 Å². The van der Waals surface area contributed by atoms with Crippen LogP contribution in [-0.4, -0.2) is 23.4 Å². The van der Waals surface area contributed by atoms with Crippen LogP contribution in [-0.2, 0) is 4.79 Å². The number of halogens is 1. The smallest absolute Gasteiger partial charge is 0.224 e. The Labute approximate surface area is 156 Å². The third-order valence-electron chi connectivity index (χ3n) is 6.47. The van der Waals surface area contributed by atoms with Crippen LogP contribution < -0.4 is 14.8 Å². The van der Waals surface area contributed by atoms with Crippen LogP contribution in [0.1, 0.15) is 44.9 Å². The molecule has 4 bridgehead atoms. The van der Waals surface area contributed by atoms with E-state index in [0.717, 1.165) is 35.4 Å². The topological polar surface area (TPSA) is 47.6 Å². The molecule has 25 heavy (non-hydrogen) atoms. The number of alkyl halides is 1. The van der Waals surface area contributed by atoms with Crippen LogP contribution in [0.15, 0.2) is 18.2 Å². The molecule has 0 aromatic heterocycles. The van der Waals surface area contributed by atoms with Crippen LogP contribution in [0.5, 0.6) is 11.5 Å². The molecule has 2 atom stereocenters. The molecule has 5 aliphatic rings. The molecule has 1 heterocycles. The Morgan fingerprint density at radius 1 is 1.12 bits per heavy atom. The van der Waals surface area contributed by atoms with Gasteiger partial charge in [0.15, 0.2) is 11.5 Å². The van der Waals surface area contributed by atoms with Crippen LogP contribution in [0.2, 0.25) is 0 Å². The van der Waals surface area contributed by atoms with E-state index in [1.165, 1.54) is 32.1 Å². The average molecular weight is 406 g/mol. The second-order valence-electron chi connectivity index (χ2n) is 8.70. The number of carbonyl (C=O) groups excluding carboxylic acids is 1. The second-order valence-corrected chi connectivity index (χ2v) is 10.4. The minimum absolute atomic E-state index is 0.134. The van der Waals surface area contributed by atoms with Crippen LogP contribution in [0.3, 0.4) is 0 Å². The van der Waals surface area contributed by atoms with Crippen LogP contribution in [0.25, 0.3) is 0 Å². The molecular weight excluding hydrogens is 382 g/mol. The van der Waals surface area contributed by atoms with E-state index in [0.29, 0.717) is 24.0 Å². The molecule has 4 fully saturated rings. The zero-order chi connectivity index (χ0) is 17.1. The number of rotatable bonds is 3. The highest BCUT2D eigenvalue weighted by atomic mass is 79.9. The molecule has 1 amide bonds. The molecule has 4 nitrogen and oxygen atoms in total. The standard InChI is InChI=1S/C20H24BrNO3/c21-20-9-13-5-14(10-20)8-19(7-13,12-20)11-18(23)22-15-1-2-16-17(6-15)25-4-3-24-16/h1-2,6,13-14H,3-5,7-12H2,(H,22,23). The first-order chi connectivity index (χ1) is 12.0. The number of ether oxygens (including phenoxy) is 2. The molecule has 134 valence electrons. The van der Waals surface area contributed by atoms with Crippen LogP contribution >= 0.6 is 15.9 Å². The summed E-state index contributed by atoms with van der Waals surface area (Å²) in [4.78, 5) is 12.8. The summed E-state index contributed by atoms with van der Waals surface area (Å²) in [5.41, 5.74) is 0.999. The predicted octanol–water partition coefficient (Wildman–Crippen LogP) is 4.52. The molecule has 1 aromatic rings. The Bertz CT molecular complexity index is 705. The first-order valence-electron chi connectivity index (χ1n) is 9.39. The zero-order valence-corrected chi connectivity index (χ0v) is 15.9. The molecule has 0 radical (unpaired) electrons. The molecule has 2 unspecified atom stereocenters. The van der Waals surface area contributed by atoms with Crippen molar-refractivity contribution in [2.75, 3.05) is 18.5 Å². The van der Waals surface area contributed by atoms with E-state index in [4.69, 9.17) is 9.47 Å². The highest BCUT2D eigenvalue weighted by molar-refractivity contribution is 9.10. The maximum absolute atomic E-state index is 12.8. The number of benzene rings is 1. The zero-order valence-electron chi connectivity index (χ0n) is 14.4. The van der Waals surface area contributed by atoms with E-state index >= 15 is 0 Å². The van der Waals surface area contributed by atoms with Crippen LogP contribution in [0.4, 0.5) is 5.69 Å². The highest BCUT2D eigenvalue weighted by Crippen LogP contribution is 2.65. The van der Waals surface area contributed by atoms with E-state index in [1.54, 1.807) is 0 Å². The van der Waals surface area contributed by atoms with Crippen molar-refractivity contribution in [2.45, 2.75) is 49.3 Å². The van der Waals surface area contributed by atoms with Gasteiger partial charge in [-0.25, -0.2) is 0 Å². The van der Waals surface area contributed by atoms with Crippen molar-refractivity contribution in [3.05, 3.63) is 18.2 Å². The van der Waals surface area contributed by atoms with Crippen molar-refractivity contribution in [3.63, 3.8) is 0 Å². The molecule has 1 aromatic carbocycles. The van der Waals surface area contributed by atoms with E-state index < -0.39 is 0 Å². The Morgan fingerprint density at radius 2 is 1.84 bits per heavy atom. The second kappa shape index (κ2) is 5.63. The van der Waals surface area contributed by atoms with Gasteiger partial charge in [-0.15, -0.1) is 0 Å². The number of hydrogen-bond acceptors (Lipinski definition) is 3. The molecular formula is C20H24BrNO3. The van der Waals surface area contributed by atoms with Gasteiger partial charge >= 0.3 is 0 Å². The van der Waals surface area contributed by atoms with Crippen molar-refractivity contribution in [1.29, 1.82) is 0 Å². The summed E-state index contributed by atoms with van der Waals surface area (Å²) in [7, 11) is 0. The summed E-state index contributed by atoms with van der Waals surface area (Å²) in [6, 6.07) is 5.65. The van der Waals surface area contributed by atoms with E-state index in [2.05, 4.69) is 21.2 Å². The third-order valence-corrected chi connectivity index (χ3v) is 7.40. The van der Waals surface area contributed by atoms with Gasteiger partial charge in [0.25, 0.3) is 0 Å². The molecule has 0 spiro atoms. The fourth-order valence-corrected chi connectivity index (χ4v) is 7.72. The molecule has 0 saturated heterocycles. The predicted molar refractivity (Wildman–Crippen MR) is 99.5 cm³/mol. The molecule has 1 aliphatic heterocycles. The average Bonchev–Trinajstić information content (AvgIpc) is 2.51.